The molecule has 312 valence electrons. The van der Waals surface area contributed by atoms with E-state index >= 15 is 0 Å². The molecule has 4 amide bonds. The molecule has 1 unspecified atom stereocenters. The molecule has 3 aromatic carbocycles. The van der Waals surface area contributed by atoms with Gasteiger partial charge in [0, 0.05) is 49.3 Å². The molecule has 1 atom stereocenters. The van der Waals surface area contributed by atoms with Crippen molar-refractivity contribution in [3.8, 4) is 11.8 Å². The molecule has 0 radical (unpaired) electrons. The molecule has 14 nitrogen and oxygen atoms in total. The topological polar surface area (TPSA) is 177 Å². The first-order valence-corrected chi connectivity index (χ1v) is 19.8. The molecule has 58 heavy (non-hydrogen) atoms. The van der Waals surface area contributed by atoms with E-state index in [0.29, 0.717) is 71.3 Å². The van der Waals surface area contributed by atoms with Crippen LogP contribution in [-0.2, 0) is 51.3 Å². The number of hydrogen-bond acceptors (Lipinski definition) is 10. The summed E-state index contributed by atoms with van der Waals surface area (Å²) in [6, 6.07) is 22.2. The number of nitrogens with zero attached hydrogens (tertiary/aromatic N) is 1. The van der Waals surface area contributed by atoms with Crippen LogP contribution in [0.3, 0.4) is 0 Å². The first-order valence-electron chi connectivity index (χ1n) is 19.8. The SMILES string of the molecule is CC(C)C(NC(=O)CCOCCOCCOCCOCCNC(=O)CCCN1Cc2ccccc2C#Cc2ccccc21)C(=O)NCC(=O)Nc1ccc(CO)cc1. The molecule has 0 saturated carbocycles. The highest BCUT2D eigenvalue weighted by Crippen LogP contribution is 2.25. The molecule has 1 heterocycles. The van der Waals surface area contributed by atoms with Crippen molar-refractivity contribution in [3.05, 3.63) is 95.1 Å². The zero-order chi connectivity index (χ0) is 41.4. The normalized spacial score (nSPS) is 12.2. The van der Waals surface area contributed by atoms with Crippen LogP contribution in [0.5, 0.6) is 0 Å². The van der Waals surface area contributed by atoms with Crippen LogP contribution in [0.4, 0.5) is 11.4 Å². The maximum absolute atomic E-state index is 12.7. The Labute approximate surface area is 341 Å². The van der Waals surface area contributed by atoms with Crippen LogP contribution < -0.4 is 26.2 Å². The van der Waals surface area contributed by atoms with Crippen LogP contribution in [0, 0.1) is 17.8 Å². The summed E-state index contributed by atoms with van der Waals surface area (Å²) in [5, 5.41) is 20.0. The number of rotatable bonds is 26. The van der Waals surface area contributed by atoms with E-state index in [4.69, 9.17) is 24.1 Å². The number of benzene rings is 3. The Morgan fingerprint density at radius 1 is 0.707 bits per heavy atom. The third-order valence-corrected chi connectivity index (χ3v) is 9.05. The van der Waals surface area contributed by atoms with E-state index in [9.17, 15) is 19.2 Å². The molecular formula is C44H57N5O9. The summed E-state index contributed by atoms with van der Waals surface area (Å²) < 4.78 is 22.1. The minimum absolute atomic E-state index is 0.00643. The van der Waals surface area contributed by atoms with E-state index < -0.39 is 17.9 Å². The number of aliphatic hydroxyl groups excluding tert-OH is 1. The van der Waals surface area contributed by atoms with Crippen LogP contribution in [0.1, 0.15) is 55.4 Å². The summed E-state index contributed by atoms with van der Waals surface area (Å²) in [6.07, 6.45) is 1.20. The fraction of sp³-hybridized carbons (Fsp3) is 0.455. The lowest BCUT2D eigenvalue weighted by atomic mass is 10.0. The molecule has 0 aromatic heterocycles. The van der Waals surface area contributed by atoms with Crippen LogP contribution in [-0.4, -0.2) is 107 Å². The summed E-state index contributed by atoms with van der Waals surface area (Å²) in [7, 11) is 0. The van der Waals surface area contributed by atoms with E-state index in [1.807, 2.05) is 36.4 Å². The Kier molecular flexibility index (Phi) is 20.2. The maximum Gasteiger partial charge on any atom is 0.243 e. The van der Waals surface area contributed by atoms with Gasteiger partial charge in [-0.2, -0.15) is 0 Å². The Balaban J connectivity index is 0.941. The molecule has 5 N–H and O–H groups in total. The summed E-state index contributed by atoms with van der Waals surface area (Å²) in [6.45, 7) is 7.90. The Morgan fingerprint density at radius 2 is 1.33 bits per heavy atom. The highest BCUT2D eigenvalue weighted by atomic mass is 16.6. The molecule has 0 bridgehead atoms. The largest absolute Gasteiger partial charge is 0.392 e. The Hall–Kier alpha value is -5.30. The van der Waals surface area contributed by atoms with Crippen molar-refractivity contribution >= 4 is 35.0 Å². The van der Waals surface area contributed by atoms with Gasteiger partial charge in [0.25, 0.3) is 0 Å². The smallest absolute Gasteiger partial charge is 0.243 e. The molecule has 0 spiro atoms. The minimum Gasteiger partial charge on any atom is -0.392 e. The number of ether oxygens (including phenoxy) is 4. The number of aliphatic hydroxyl groups is 1. The van der Waals surface area contributed by atoms with Crippen LogP contribution >= 0.6 is 0 Å². The average molecular weight is 800 g/mol. The maximum atomic E-state index is 12.7. The number of anilines is 2. The van der Waals surface area contributed by atoms with Gasteiger partial charge in [-0.05, 0) is 53.8 Å². The van der Waals surface area contributed by atoms with Crippen molar-refractivity contribution in [1.82, 2.24) is 16.0 Å². The monoisotopic (exact) mass is 799 g/mol. The summed E-state index contributed by atoms with van der Waals surface area (Å²) in [5.41, 5.74) is 5.55. The van der Waals surface area contributed by atoms with E-state index in [1.165, 1.54) is 5.56 Å². The van der Waals surface area contributed by atoms with Gasteiger partial charge in [-0.15, -0.1) is 0 Å². The molecule has 0 fully saturated rings. The molecule has 4 rings (SSSR count). The third-order valence-electron chi connectivity index (χ3n) is 9.05. The second-order valence-electron chi connectivity index (χ2n) is 13.9. The minimum atomic E-state index is -0.810. The van der Waals surface area contributed by atoms with Gasteiger partial charge in [-0.3, -0.25) is 19.2 Å². The summed E-state index contributed by atoms with van der Waals surface area (Å²) in [5.74, 6) is 5.18. The number of carbonyl (C=O) groups excluding carboxylic acids is 4. The fourth-order valence-corrected chi connectivity index (χ4v) is 5.92. The first-order chi connectivity index (χ1) is 28.2. The lowest BCUT2D eigenvalue weighted by molar-refractivity contribution is -0.131. The van der Waals surface area contributed by atoms with Gasteiger partial charge < -0.3 is 50.2 Å². The summed E-state index contributed by atoms with van der Waals surface area (Å²) in [4.78, 5) is 52.2. The van der Waals surface area contributed by atoms with Gasteiger partial charge in [-0.25, -0.2) is 0 Å². The van der Waals surface area contributed by atoms with Gasteiger partial charge in [-0.1, -0.05) is 68.2 Å². The zero-order valence-electron chi connectivity index (χ0n) is 33.6. The molecule has 0 saturated heterocycles. The van der Waals surface area contributed by atoms with Crippen molar-refractivity contribution in [2.24, 2.45) is 5.92 Å². The number of hydrogen-bond donors (Lipinski definition) is 5. The second kappa shape index (κ2) is 25.9. The summed E-state index contributed by atoms with van der Waals surface area (Å²) >= 11 is 0. The number of para-hydroxylation sites is 1. The van der Waals surface area contributed by atoms with Crippen molar-refractivity contribution in [1.29, 1.82) is 0 Å². The lowest BCUT2D eigenvalue weighted by Gasteiger charge is -2.27. The molecule has 1 aliphatic rings. The quantitative estimate of drug-likeness (QED) is 0.0600. The van der Waals surface area contributed by atoms with E-state index in [2.05, 4.69) is 50.1 Å². The van der Waals surface area contributed by atoms with Crippen molar-refractivity contribution in [3.63, 3.8) is 0 Å². The van der Waals surface area contributed by atoms with E-state index in [1.54, 1.807) is 38.1 Å². The standard InChI is InChI=1S/C44H57N5O9/c1-33(2)43(44(54)46-30-42(53)47-38-17-13-34(32-50)14-18-38)48-41(52)19-22-55-24-26-57-28-29-58-27-25-56-23-20-45-40(51)12-7-21-49-31-37-10-4-3-8-35(37)15-16-36-9-5-6-11-39(36)49/h3-6,8-11,13-14,17-18,33,43,50H,7,12,19-32H2,1-2H3,(H,45,51)(H,46,54)(H,47,53)(H,48,52). The average Bonchev–Trinajstić information content (AvgIpc) is 3.22. The van der Waals surface area contributed by atoms with Crippen LogP contribution in [0.15, 0.2) is 72.8 Å². The molecular weight excluding hydrogens is 743 g/mol. The third kappa shape index (κ3) is 16.7. The molecule has 14 heteroatoms. The van der Waals surface area contributed by atoms with Gasteiger partial charge in [0.2, 0.25) is 23.6 Å². The van der Waals surface area contributed by atoms with E-state index in [-0.39, 0.29) is 43.9 Å². The highest BCUT2D eigenvalue weighted by molar-refractivity contribution is 5.96. The van der Waals surface area contributed by atoms with Gasteiger partial charge >= 0.3 is 0 Å². The zero-order valence-corrected chi connectivity index (χ0v) is 33.6. The Bertz CT molecular complexity index is 1810. The Morgan fingerprint density at radius 3 is 2.02 bits per heavy atom. The van der Waals surface area contributed by atoms with Crippen LogP contribution in [0.2, 0.25) is 0 Å². The number of fused-ring (bicyclic) bond motifs is 2. The fourth-order valence-electron chi connectivity index (χ4n) is 5.92. The predicted molar refractivity (Wildman–Crippen MR) is 221 cm³/mol. The molecule has 1 aliphatic heterocycles. The lowest BCUT2D eigenvalue weighted by Crippen LogP contribution is -2.51. The number of amides is 4. The first kappa shape index (κ1) is 45.4. The number of nitrogens with one attached hydrogen (secondary N) is 4. The van der Waals surface area contributed by atoms with Gasteiger partial charge in [0.15, 0.2) is 0 Å². The highest BCUT2D eigenvalue weighted by Gasteiger charge is 2.24. The second-order valence-corrected chi connectivity index (χ2v) is 13.9. The van der Waals surface area contributed by atoms with Crippen molar-refractivity contribution in [2.45, 2.75) is 52.3 Å². The van der Waals surface area contributed by atoms with Crippen molar-refractivity contribution in [2.75, 3.05) is 82.7 Å². The van der Waals surface area contributed by atoms with Crippen molar-refractivity contribution < 1.29 is 43.2 Å². The predicted octanol–water partition coefficient (Wildman–Crippen LogP) is 3.15. The van der Waals surface area contributed by atoms with Gasteiger partial charge in [0.05, 0.1) is 71.7 Å². The van der Waals surface area contributed by atoms with E-state index in [0.717, 1.165) is 35.5 Å². The molecule has 3 aromatic rings. The molecule has 0 aliphatic carbocycles. The number of carbonyl (C=O) groups is 4. The van der Waals surface area contributed by atoms with Gasteiger partial charge in [0.1, 0.15) is 6.04 Å². The van der Waals surface area contributed by atoms with Crippen LogP contribution in [0.25, 0.3) is 0 Å².